The molecule has 0 radical (unpaired) electrons. The molecule has 0 spiro atoms. The van der Waals surface area contributed by atoms with E-state index in [2.05, 4.69) is 46.8 Å². The molecule has 1 aromatic rings. The van der Waals surface area contributed by atoms with Crippen LogP contribution in [0.1, 0.15) is 44.6 Å². The average molecular weight is 303 g/mol. The lowest BCUT2D eigenvalue weighted by atomic mass is 10.0. The van der Waals surface area contributed by atoms with Gasteiger partial charge in [-0.3, -0.25) is 4.99 Å². The summed E-state index contributed by atoms with van der Waals surface area (Å²) in [5, 5.41) is 17.0. The van der Waals surface area contributed by atoms with Gasteiger partial charge in [0.2, 0.25) is 0 Å². The third kappa shape index (κ3) is 5.68. The summed E-state index contributed by atoms with van der Waals surface area (Å²) in [4.78, 5) is 4.56. The van der Waals surface area contributed by atoms with Gasteiger partial charge in [0, 0.05) is 13.1 Å². The van der Waals surface area contributed by atoms with Crippen molar-refractivity contribution in [1.82, 2.24) is 10.6 Å². The van der Waals surface area contributed by atoms with Crippen LogP contribution in [-0.4, -0.2) is 36.3 Å². The molecular formula is C18H29N3O. The van der Waals surface area contributed by atoms with E-state index in [1.165, 1.54) is 5.56 Å². The average Bonchev–Trinajstić information content (AvgIpc) is 2.97. The predicted molar refractivity (Wildman–Crippen MR) is 92.2 cm³/mol. The van der Waals surface area contributed by atoms with Crippen molar-refractivity contribution in [3.05, 3.63) is 35.9 Å². The van der Waals surface area contributed by atoms with Gasteiger partial charge in [-0.15, -0.1) is 0 Å². The van der Waals surface area contributed by atoms with Crippen molar-refractivity contribution in [2.45, 2.75) is 51.0 Å². The molecule has 122 valence electrons. The number of hydrogen-bond acceptors (Lipinski definition) is 2. The predicted octanol–water partition coefficient (Wildman–Crippen LogP) is 2.48. The zero-order valence-electron chi connectivity index (χ0n) is 13.6. The SMILES string of the molecule is CCNC(=NCC1(O)CCCC1)NCCCc1ccccc1. The van der Waals surface area contributed by atoms with E-state index in [-0.39, 0.29) is 0 Å². The Morgan fingerprint density at radius 2 is 1.91 bits per heavy atom. The summed E-state index contributed by atoms with van der Waals surface area (Å²) in [6.45, 7) is 4.29. The van der Waals surface area contributed by atoms with Gasteiger partial charge in [-0.05, 0) is 38.2 Å². The van der Waals surface area contributed by atoms with Gasteiger partial charge in [-0.2, -0.15) is 0 Å². The summed E-state index contributed by atoms with van der Waals surface area (Å²) < 4.78 is 0. The second-order valence-electron chi connectivity index (χ2n) is 6.14. The van der Waals surface area contributed by atoms with Crippen molar-refractivity contribution in [3.8, 4) is 0 Å². The Labute approximate surface area is 134 Å². The van der Waals surface area contributed by atoms with Gasteiger partial charge >= 0.3 is 0 Å². The third-order valence-electron chi connectivity index (χ3n) is 4.19. The Morgan fingerprint density at radius 3 is 2.59 bits per heavy atom. The molecule has 0 amide bonds. The lowest BCUT2D eigenvalue weighted by Gasteiger charge is -2.20. The van der Waals surface area contributed by atoms with E-state index in [4.69, 9.17) is 0 Å². The molecule has 1 aliphatic carbocycles. The zero-order valence-corrected chi connectivity index (χ0v) is 13.6. The van der Waals surface area contributed by atoms with Crippen molar-refractivity contribution in [1.29, 1.82) is 0 Å². The van der Waals surface area contributed by atoms with Gasteiger partial charge in [0.05, 0.1) is 12.1 Å². The van der Waals surface area contributed by atoms with Crippen molar-refractivity contribution in [3.63, 3.8) is 0 Å². The Morgan fingerprint density at radius 1 is 1.18 bits per heavy atom. The van der Waals surface area contributed by atoms with Crippen LogP contribution in [0.3, 0.4) is 0 Å². The molecular weight excluding hydrogens is 274 g/mol. The fourth-order valence-electron chi connectivity index (χ4n) is 2.90. The summed E-state index contributed by atoms with van der Waals surface area (Å²) >= 11 is 0. The lowest BCUT2D eigenvalue weighted by Crippen LogP contribution is -2.39. The highest BCUT2D eigenvalue weighted by molar-refractivity contribution is 5.79. The normalized spacial score (nSPS) is 17.5. The van der Waals surface area contributed by atoms with Crippen LogP contribution < -0.4 is 10.6 Å². The molecule has 0 atom stereocenters. The van der Waals surface area contributed by atoms with E-state index in [0.29, 0.717) is 6.54 Å². The number of nitrogens with zero attached hydrogens (tertiary/aromatic N) is 1. The molecule has 4 heteroatoms. The van der Waals surface area contributed by atoms with E-state index in [1.807, 2.05) is 6.07 Å². The summed E-state index contributed by atoms with van der Waals surface area (Å²) in [5.41, 5.74) is 0.790. The van der Waals surface area contributed by atoms with Crippen molar-refractivity contribution >= 4 is 5.96 Å². The molecule has 0 aromatic heterocycles. The number of guanidine groups is 1. The standard InChI is InChI=1S/C18H29N3O/c1-2-19-17(21-15-18(22)12-6-7-13-18)20-14-8-11-16-9-4-3-5-10-16/h3-5,9-10,22H,2,6-8,11-15H2,1H3,(H2,19,20,21). The maximum Gasteiger partial charge on any atom is 0.191 e. The summed E-state index contributed by atoms with van der Waals surface area (Å²) in [7, 11) is 0. The van der Waals surface area contributed by atoms with Crippen LogP contribution in [0.25, 0.3) is 0 Å². The molecule has 22 heavy (non-hydrogen) atoms. The van der Waals surface area contributed by atoms with E-state index in [0.717, 1.165) is 57.6 Å². The monoisotopic (exact) mass is 303 g/mol. The quantitative estimate of drug-likeness (QED) is 0.412. The fourth-order valence-corrected chi connectivity index (χ4v) is 2.90. The first-order valence-corrected chi connectivity index (χ1v) is 8.50. The smallest absolute Gasteiger partial charge is 0.191 e. The zero-order chi connectivity index (χ0) is 15.7. The number of aryl methyl sites for hydroxylation is 1. The van der Waals surface area contributed by atoms with E-state index in [1.54, 1.807) is 0 Å². The van der Waals surface area contributed by atoms with Gasteiger partial charge < -0.3 is 15.7 Å². The molecule has 1 fully saturated rings. The number of aliphatic imine (C=N–C) groups is 1. The number of nitrogens with one attached hydrogen (secondary N) is 2. The highest BCUT2D eigenvalue weighted by Crippen LogP contribution is 2.29. The van der Waals surface area contributed by atoms with E-state index < -0.39 is 5.60 Å². The number of aliphatic hydroxyl groups is 1. The first kappa shape index (κ1) is 16.8. The first-order valence-electron chi connectivity index (χ1n) is 8.50. The summed E-state index contributed by atoms with van der Waals surface area (Å²) in [5.74, 6) is 0.816. The van der Waals surface area contributed by atoms with Crippen LogP contribution in [0.15, 0.2) is 35.3 Å². The topological polar surface area (TPSA) is 56.7 Å². The van der Waals surface area contributed by atoms with Crippen molar-refractivity contribution < 1.29 is 5.11 Å². The number of hydrogen-bond donors (Lipinski definition) is 3. The third-order valence-corrected chi connectivity index (χ3v) is 4.19. The maximum absolute atomic E-state index is 10.4. The van der Waals surface area contributed by atoms with Crippen molar-refractivity contribution in [2.24, 2.45) is 4.99 Å². The van der Waals surface area contributed by atoms with Crippen LogP contribution in [0.4, 0.5) is 0 Å². The van der Waals surface area contributed by atoms with Crippen LogP contribution in [0.5, 0.6) is 0 Å². The second kappa shape index (κ2) is 8.79. The molecule has 2 rings (SSSR count). The summed E-state index contributed by atoms with van der Waals surface area (Å²) in [6, 6.07) is 10.5. The van der Waals surface area contributed by atoms with Crippen molar-refractivity contribution in [2.75, 3.05) is 19.6 Å². The summed E-state index contributed by atoms with van der Waals surface area (Å²) in [6.07, 6.45) is 6.13. The van der Waals surface area contributed by atoms with Gasteiger partial charge in [-0.25, -0.2) is 0 Å². The molecule has 0 unspecified atom stereocenters. The van der Waals surface area contributed by atoms with Crippen LogP contribution in [-0.2, 0) is 6.42 Å². The van der Waals surface area contributed by atoms with Crippen LogP contribution >= 0.6 is 0 Å². The molecule has 0 saturated heterocycles. The number of rotatable bonds is 7. The molecule has 4 nitrogen and oxygen atoms in total. The molecule has 0 heterocycles. The largest absolute Gasteiger partial charge is 0.388 e. The van der Waals surface area contributed by atoms with E-state index >= 15 is 0 Å². The minimum absolute atomic E-state index is 0.501. The van der Waals surface area contributed by atoms with Gasteiger partial charge in [0.25, 0.3) is 0 Å². The van der Waals surface area contributed by atoms with Gasteiger partial charge in [0.15, 0.2) is 5.96 Å². The number of benzene rings is 1. The highest BCUT2D eigenvalue weighted by atomic mass is 16.3. The van der Waals surface area contributed by atoms with Crippen LogP contribution in [0.2, 0.25) is 0 Å². The lowest BCUT2D eigenvalue weighted by molar-refractivity contribution is 0.0574. The van der Waals surface area contributed by atoms with Gasteiger partial charge in [-0.1, -0.05) is 43.2 Å². The van der Waals surface area contributed by atoms with E-state index in [9.17, 15) is 5.11 Å². The molecule has 3 N–H and O–H groups in total. The Bertz CT molecular complexity index is 453. The Hall–Kier alpha value is -1.55. The molecule has 0 aliphatic heterocycles. The first-order chi connectivity index (χ1) is 10.7. The maximum atomic E-state index is 10.4. The highest BCUT2D eigenvalue weighted by Gasteiger charge is 2.30. The Balaban J connectivity index is 1.73. The Kier molecular flexibility index (Phi) is 6.72. The molecule has 0 bridgehead atoms. The van der Waals surface area contributed by atoms with Crippen LogP contribution in [0, 0.1) is 0 Å². The van der Waals surface area contributed by atoms with Gasteiger partial charge in [0.1, 0.15) is 0 Å². The second-order valence-corrected chi connectivity index (χ2v) is 6.14. The fraction of sp³-hybridized carbons (Fsp3) is 0.611. The molecule has 1 aromatic carbocycles. The molecule has 1 aliphatic rings. The minimum Gasteiger partial charge on any atom is -0.388 e. The molecule has 1 saturated carbocycles. The minimum atomic E-state index is -0.577.